The van der Waals surface area contributed by atoms with Gasteiger partial charge in [-0.15, -0.1) is 0 Å². The van der Waals surface area contributed by atoms with E-state index in [9.17, 15) is 18.3 Å². The Morgan fingerprint density at radius 2 is 2.13 bits per heavy atom. The maximum atomic E-state index is 13.0. The van der Waals surface area contributed by atoms with Gasteiger partial charge in [0.1, 0.15) is 5.76 Å². The molecular weight excluding hydrogens is 324 g/mol. The molecular formula is C14H20N2O6S. The number of carboxylic acid groups (broad SMARTS) is 1. The van der Waals surface area contributed by atoms with E-state index in [-0.39, 0.29) is 26.2 Å². The molecule has 1 atom stereocenters. The zero-order valence-corrected chi connectivity index (χ0v) is 13.9. The van der Waals surface area contributed by atoms with Gasteiger partial charge in [-0.1, -0.05) is 0 Å². The van der Waals surface area contributed by atoms with E-state index in [4.69, 9.17) is 9.15 Å². The fourth-order valence-electron chi connectivity index (χ4n) is 3.12. The molecule has 1 unspecified atom stereocenters. The number of fused-ring (bicyclic) bond motifs is 1. The van der Waals surface area contributed by atoms with Crippen molar-refractivity contribution in [2.24, 2.45) is 0 Å². The van der Waals surface area contributed by atoms with Crippen LogP contribution in [-0.4, -0.2) is 59.9 Å². The minimum absolute atomic E-state index is 0.0810. The van der Waals surface area contributed by atoms with Crippen molar-refractivity contribution in [3.05, 3.63) is 23.7 Å². The van der Waals surface area contributed by atoms with E-state index in [1.165, 1.54) is 16.6 Å². The molecule has 0 aromatic carbocycles. The van der Waals surface area contributed by atoms with E-state index in [0.29, 0.717) is 17.7 Å². The molecule has 9 heteroatoms. The summed E-state index contributed by atoms with van der Waals surface area (Å²) in [5.74, 6) is -0.672. The summed E-state index contributed by atoms with van der Waals surface area (Å²) in [5, 5.41) is 9.55. The lowest BCUT2D eigenvalue weighted by Crippen LogP contribution is -2.56. The van der Waals surface area contributed by atoms with Gasteiger partial charge < -0.3 is 14.3 Å². The Morgan fingerprint density at radius 1 is 1.39 bits per heavy atom. The lowest BCUT2D eigenvalue weighted by molar-refractivity contribution is -0.142. The molecule has 0 spiro atoms. The van der Waals surface area contributed by atoms with Crippen molar-refractivity contribution < 1.29 is 27.5 Å². The molecule has 1 fully saturated rings. The standard InChI is InChI=1S/C14H20N2O6S/c1-14(2)9-15(6-8-22-14)23(19,20)16-5-3-11-10(4-7-21-11)12(16)13(17)18/h4,7,12H,3,5-6,8-9H2,1-2H3,(H,17,18). The molecule has 1 aromatic rings. The van der Waals surface area contributed by atoms with E-state index >= 15 is 0 Å². The molecule has 128 valence electrons. The Balaban J connectivity index is 1.94. The van der Waals surface area contributed by atoms with Gasteiger partial charge in [-0.2, -0.15) is 17.0 Å². The van der Waals surface area contributed by atoms with E-state index in [1.807, 2.05) is 13.8 Å². The first-order valence-corrected chi connectivity index (χ1v) is 8.82. The molecule has 1 aromatic heterocycles. The molecule has 23 heavy (non-hydrogen) atoms. The minimum atomic E-state index is -3.91. The van der Waals surface area contributed by atoms with Crippen molar-refractivity contribution >= 4 is 16.2 Å². The smallest absolute Gasteiger partial charge is 0.326 e. The second kappa shape index (κ2) is 5.59. The van der Waals surface area contributed by atoms with Crippen LogP contribution < -0.4 is 0 Å². The Bertz CT molecular complexity index is 711. The van der Waals surface area contributed by atoms with E-state index < -0.39 is 27.8 Å². The minimum Gasteiger partial charge on any atom is -0.480 e. The lowest BCUT2D eigenvalue weighted by atomic mass is 10.0. The van der Waals surface area contributed by atoms with Crippen LogP contribution in [0.4, 0.5) is 0 Å². The summed E-state index contributed by atoms with van der Waals surface area (Å²) >= 11 is 0. The highest BCUT2D eigenvalue weighted by Crippen LogP contribution is 2.34. The van der Waals surface area contributed by atoms with Crippen molar-refractivity contribution in [1.82, 2.24) is 8.61 Å². The van der Waals surface area contributed by atoms with Crippen LogP contribution in [0.1, 0.15) is 31.2 Å². The van der Waals surface area contributed by atoms with Crippen LogP contribution in [0.15, 0.2) is 16.7 Å². The highest BCUT2D eigenvalue weighted by Gasteiger charge is 2.45. The van der Waals surface area contributed by atoms with Crippen LogP contribution in [-0.2, 0) is 26.2 Å². The summed E-state index contributed by atoms with van der Waals surface area (Å²) in [7, 11) is -3.91. The van der Waals surface area contributed by atoms with Gasteiger partial charge in [-0.3, -0.25) is 4.79 Å². The fourth-order valence-corrected chi connectivity index (χ4v) is 4.98. The van der Waals surface area contributed by atoms with E-state index in [1.54, 1.807) is 0 Å². The van der Waals surface area contributed by atoms with Crippen LogP contribution in [0.2, 0.25) is 0 Å². The number of furan rings is 1. The maximum Gasteiger partial charge on any atom is 0.326 e. The number of ether oxygens (including phenoxy) is 1. The van der Waals surface area contributed by atoms with Crippen molar-refractivity contribution in [3.63, 3.8) is 0 Å². The highest BCUT2D eigenvalue weighted by molar-refractivity contribution is 7.86. The number of hydrogen-bond acceptors (Lipinski definition) is 5. The molecule has 3 rings (SSSR count). The molecule has 2 aliphatic rings. The van der Waals surface area contributed by atoms with Crippen molar-refractivity contribution in [3.8, 4) is 0 Å². The fraction of sp³-hybridized carbons (Fsp3) is 0.643. The second-order valence-corrected chi connectivity index (χ2v) is 8.23. The number of aliphatic carboxylic acids is 1. The Labute approximate surface area is 134 Å². The lowest BCUT2D eigenvalue weighted by Gasteiger charge is -2.41. The second-order valence-electron chi connectivity index (χ2n) is 6.35. The molecule has 2 aliphatic heterocycles. The van der Waals surface area contributed by atoms with Crippen LogP contribution in [0.3, 0.4) is 0 Å². The summed E-state index contributed by atoms with van der Waals surface area (Å²) in [6.45, 7) is 4.40. The maximum absolute atomic E-state index is 13.0. The Morgan fingerprint density at radius 3 is 2.78 bits per heavy atom. The molecule has 1 N–H and O–H groups in total. The summed E-state index contributed by atoms with van der Waals surface area (Å²) < 4.78 is 39.1. The predicted molar refractivity (Wildman–Crippen MR) is 80.0 cm³/mol. The normalized spacial score (nSPS) is 25.9. The third kappa shape index (κ3) is 2.89. The molecule has 0 amide bonds. The number of carbonyl (C=O) groups is 1. The summed E-state index contributed by atoms with van der Waals surface area (Å²) in [5.41, 5.74) is -0.194. The molecule has 0 bridgehead atoms. The quantitative estimate of drug-likeness (QED) is 0.863. The van der Waals surface area contributed by atoms with Gasteiger partial charge in [-0.25, -0.2) is 0 Å². The van der Waals surface area contributed by atoms with Crippen LogP contribution >= 0.6 is 0 Å². The molecule has 0 saturated carbocycles. The molecule has 0 radical (unpaired) electrons. The molecule has 0 aliphatic carbocycles. The predicted octanol–water partition coefficient (Wildman–Crippen LogP) is 0.619. The Kier molecular flexibility index (Phi) is 3.99. The van der Waals surface area contributed by atoms with E-state index in [0.717, 1.165) is 4.31 Å². The molecule has 3 heterocycles. The van der Waals surface area contributed by atoms with Gasteiger partial charge >= 0.3 is 5.97 Å². The monoisotopic (exact) mass is 344 g/mol. The largest absolute Gasteiger partial charge is 0.480 e. The topological polar surface area (TPSA) is 100 Å². The van der Waals surface area contributed by atoms with Crippen LogP contribution in [0, 0.1) is 0 Å². The zero-order valence-electron chi connectivity index (χ0n) is 13.1. The van der Waals surface area contributed by atoms with Gasteiger partial charge in [0.2, 0.25) is 0 Å². The van der Waals surface area contributed by atoms with Gasteiger partial charge in [0.25, 0.3) is 10.2 Å². The van der Waals surface area contributed by atoms with Gasteiger partial charge in [0.05, 0.1) is 18.5 Å². The zero-order chi connectivity index (χ0) is 16.8. The number of nitrogens with zero attached hydrogens (tertiary/aromatic N) is 2. The highest BCUT2D eigenvalue weighted by atomic mass is 32.2. The molecule has 8 nitrogen and oxygen atoms in total. The van der Waals surface area contributed by atoms with Crippen LogP contribution in [0.5, 0.6) is 0 Å². The number of morpholine rings is 1. The number of hydrogen-bond donors (Lipinski definition) is 1. The first kappa shape index (κ1) is 16.4. The summed E-state index contributed by atoms with van der Waals surface area (Å²) in [6.07, 6.45) is 1.76. The average Bonchev–Trinajstić information content (AvgIpc) is 2.93. The van der Waals surface area contributed by atoms with Crippen molar-refractivity contribution in [2.75, 3.05) is 26.2 Å². The molecule has 1 saturated heterocycles. The van der Waals surface area contributed by atoms with Crippen LogP contribution in [0.25, 0.3) is 0 Å². The van der Waals surface area contributed by atoms with Gasteiger partial charge in [-0.05, 0) is 19.9 Å². The van der Waals surface area contributed by atoms with Gasteiger partial charge in [0.15, 0.2) is 6.04 Å². The van der Waals surface area contributed by atoms with Gasteiger partial charge in [0, 0.05) is 31.6 Å². The SMILES string of the molecule is CC1(C)CN(S(=O)(=O)N2CCc3occc3C2C(=O)O)CCO1. The average molecular weight is 344 g/mol. The third-order valence-corrected chi connectivity index (χ3v) is 6.12. The first-order valence-electron chi connectivity index (χ1n) is 7.42. The number of carboxylic acids is 1. The van der Waals surface area contributed by atoms with E-state index in [2.05, 4.69) is 0 Å². The number of rotatable bonds is 3. The van der Waals surface area contributed by atoms with Crippen molar-refractivity contribution in [1.29, 1.82) is 0 Å². The third-order valence-electron chi connectivity index (χ3n) is 4.17. The first-order chi connectivity index (χ1) is 10.7. The Hall–Kier alpha value is -1.42. The summed E-state index contributed by atoms with van der Waals surface area (Å²) in [4.78, 5) is 11.7. The van der Waals surface area contributed by atoms with Crippen molar-refractivity contribution in [2.45, 2.75) is 31.9 Å². The summed E-state index contributed by atoms with van der Waals surface area (Å²) in [6, 6.07) is 0.271.